The zero-order valence-electron chi connectivity index (χ0n) is 10.0. The lowest BCUT2D eigenvalue weighted by molar-refractivity contribution is -0.383. The Hall–Kier alpha value is -2.47. The van der Waals surface area contributed by atoms with Crippen molar-refractivity contribution in [3.63, 3.8) is 0 Å². The molecule has 0 radical (unpaired) electrons. The Morgan fingerprint density at radius 2 is 2.00 bits per heavy atom. The summed E-state index contributed by atoms with van der Waals surface area (Å²) < 4.78 is 0. The molecule has 2 aromatic rings. The van der Waals surface area contributed by atoms with E-state index < -0.39 is 4.92 Å². The number of aromatic nitrogens is 1. The topological polar surface area (TPSA) is 104 Å². The second-order valence-electron chi connectivity index (χ2n) is 4.43. The Morgan fingerprint density at radius 3 is 2.58 bits per heavy atom. The predicted molar refractivity (Wildman–Crippen MR) is 71.5 cm³/mol. The van der Waals surface area contributed by atoms with Gasteiger partial charge >= 0.3 is 5.69 Å². The van der Waals surface area contributed by atoms with Gasteiger partial charge in [0.15, 0.2) is 0 Å². The highest BCUT2D eigenvalue weighted by Crippen LogP contribution is 2.34. The minimum absolute atomic E-state index is 0.0598. The van der Waals surface area contributed by atoms with Crippen molar-refractivity contribution in [2.75, 3.05) is 12.3 Å². The van der Waals surface area contributed by atoms with Gasteiger partial charge in [0.2, 0.25) is 5.82 Å². The van der Waals surface area contributed by atoms with Gasteiger partial charge in [0.25, 0.3) is 0 Å². The van der Waals surface area contributed by atoms with E-state index in [0.29, 0.717) is 11.6 Å². The molecule has 1 aliphatic rings. The van der Waals surface area contributed by atoms with Crippen LogP contribution in [0.4, 0.5) is 11.5 Å². The summed E-state index contributed by atoms with van der Waals surface area (Å²) in [4.78, 5) is 14.4. The summed E-state index contributed by atoms with van der Waals surface area (Å²) in [6, 6.07) is 9.72. The zero-order chi connectivity index (χ0) is 13.4. The number of hydrogen-bond donors (Lipinski definition) is 2. The van der Waals surface area contributed by atoms with Crippen molar-refractivity contribution < 1.29 is 4.92 Å². The summed E-state index contributed by atoms with van der Waals surface area (Å²) in [5, 5.41) is 14.3. The lowest BCUT2D eigenvalue weighted by atomic mass is 10.0. The first-order valence-electron chi connectivity index (χ1n) is 5.89. The predicted octanol–water partition coefficient (Wildman–Crippen LogP) is 1.88. The van der Waals surface area contributed by atoms with Gasteiger partial charge < -0.3 is 11.1 Å². The van der Waals surface area contributed by atoms with Gasteiger partial charge in [-0.2, -0.15) is 0 Å². The Kier molecular flexibility index (Phi) is 2.64. The first-order valence-corrected chi connectivity index (χ1v) is 5.89. The summed E-state index contributed by atoms with van der Waals surface area (Å²) in [6.45, 7) is 0.988. The molecule has 19 heavy (non-hydrogen) atoms. The molecular formula is C13H12N4O2. The van der Waals surface area contributed by atoms with Crippen LogP contribution < -0.4 is 11.1 Å². The van der Waals surface area contributed by atoms with E-state index in [1.807, 2.05) is 24.3 Å². The van der Waals surface area contributed by atoms with Gasteiger partial charge in [-0.05, 0) is 17.2 Å². The number of nitrogens with zero attached hydrogens (tertiary/aromatic N) is 2. The van der Waals surface area contributed by atoms with Crippen LogP contribution in [-0.4, -0.2) is 16.5 Å². The highest BCUT2D eigenvalue weighted by molar-refractivity contribution is 5.79. The second-order valence-corrected chi connectivity index (χ2v) is 4.43. The van der Waals surface area contributed by atoms with Crippen LogP contribution in [0, 0.1) is 10.1 Å². The molecule has 0 amide bonds. The Bertz CT molecular complexity index is 636. The third-order valence-corrected chi connectivity index (χ3v) is 3.17. The second kappa shape index (κ2) is 4.33. The standard InChI is InChI=1S/C13H12N4O2/c14-13-12(17(18)19)10(5-6-15-13)8-1-3-9(4-2-8)11-7-16-11/h1-6,11,16H,7H2,(H2,14,15). The minimum Gasteiger partial charge on any atom is -0.378 e. The molecular weight excluding hydrogens is 244 g/mol. The lowest BCUT2D eigenvalue weighted by Gasteiger charge is -2.05. The molecule has 0 bridgehead atoms. The van der Waals surface area contributed by atoms with Crippen LogP contribution in [0.1, 0.15) is 11.6 Å². The molecule has 1 fully saturated rings. The third kappa shape index (κ3) is 2.13. The maximum atomic E-state index is 11.1. The van der Waals surface area contributed by atoms with Crippen molar-refractivity contribution >= 4 is 11.5 Å². The van der Waals surface area contributed by atoms with E-state index in [2.05, 4.69) is 10.3 Å². The van der Waals surface area contributed by atoms with Crippen molar-refractivity contribution in [2.24, 2.45) is 0 Å². The maximum absolute atomic E-state index is 11.1. The van der Waals surface area contributed by atoms with Crippen molar-refractivity contribution in [2.45, 2.75) is 6.04 Å². The molecule has 0 saturated carbocycles. The van der Waals surface area contributed by atoms with E-state index in [1.54, 1.807) is 6.07 Å². The first-order chi connectivity index (χ1) is 9.16. The number of anilines is 1. The van der Waals surface area contributed by atoms with Crippen LogP contribution in [0.5, 0.6) is 0 Å². The van der Waals surface area contributed by atoms with Crippen molar-refractivity contribution in [3.8, 4) is 11.1 Å². The summed E-state index contributed by atoms with van der Waals surface area (Å²) in [6.07, 6.45) is 1.48. The fraction of sp³-hybridized carbons (Fsp3) is 0.154. The van der Waals surface area contributed by atoms with Gasteiger partial charge in [0.1, 0.15) is 0 Å². The number of nitrogens with two attached hydrogens (primary N) is 1. The highest BCUT2D eigenvalue weighted by atomic mass is 16.6. The first kappa shape index (κ1) is 11.6. The van der Waals surface area contributed by atoms with Gasteiger partial charge in [-0.25, -0.2) is 4.98 Å². The molecule has 0 spiro atoms. The summed E-state index contributed by atoms with van der Waals surface area (Å²) >= 11 is 0. The number of nitrogen functional groups attached to an aromatic ring is 1. The summed E-state index contributed by atoms with van der Waals surface area (Å²) in [5.74, 6) is -0.0598. The molecule has 1 aliphatic heterocycles. The fourth-order valence-corrected chi connectivity index (χ4v) is 2.08. The number of rotatable bonds is 3. The number of nitro groups is 1. The van der Waals surface area contributed by atoms with Crippen molar-refractivity contribution in [3.05, 3.63) is 52.2 Å². The molecule has 1 atom stereocenters. The van der Waals surface area contributed by atoms with E-state index in [9.17, 15) is 10.1 Å². The van der Waals surface area contributed by atoms with Crippen molar-refractivity contribution in [1.29, 1.82) is 0 Å². The van der Waals surface area contributed by atoms with Gasteiger partial charge in [0, 0.05) is 18.8 Å². The molecule has 1 aromatic carbocycles. The molecule has 0 aliphatic carbocycles. The molecule has 6 nitrogen and oxygen atoms in total. The molecule has 2 heterocycles. The van der Waals surface area contributed by atoms with E-state index >= 15 is 0 Å². The summed E-state index contributed by atoms with van der Waals surface area (Å²) in [7, 11) is 0. The SMILES string of the molecule is Nc1nccc(-c2ccc(C3CN3)cc2)c1[N+](=O)[O-]. The largest absolute Gasteiger partial charge is 0.378 e. The molecule has 1 saturated heterocycles. The van der Waals surface area contributed by atoms with Crippen LogP contribution >= 0.6 is 0 Å². The number of hydrogen-bond acceptors (Lipinski definition) is 5. The van der Waals surface area contributed by atoms with Crippen LogP contribution in [0.2, 0.25) is 0 Å². The van der Waals surface area contributed by atoms with Gasteiger partial charge in [0.05, 0.1) is 10.5 Å². The maximum Gasteiger partial charge on any atom is 0.318 e. The average Bonchev–Trinajstić information content (AvgIpc) is 3.22. The number of nitrogens with one attached hydrogen (secondary N) is 1. The molecule has 3 rings (SSSR count). The van der Waals surface area contributed by atoms with Crippen LogP contribution in [0.15, 0.2) is 36.5 Å². The van der Waals surface area contributed by atoms with Gasteiger partial charge in [-0.1, -0.05) is 24.3 Å². The zero-order valence-corrected chi connectivity index (χ0v) is 10.0. The van der Waals surface area contributed by atoms with Crippen LogP contribution in [0.3, 0.4) is 0 Å². The van der Waals surface area contributed by atoms with Gasteiger partial charge in [-0.3, -0.25) is 10.1 Å². The fourth-order valence-electron chi connectivity index (χ4n) is 2.08. The van der Waals surface area contributed by atoms with E-state index in [1.165, 1.54) is 11.8 Å². The van der Waals surface area contributed by atoms with E-state index in [0.717, 1.165) is 12.1 Å². The highest BCUT2D eigenvalue weighted by Gasteiger charge is 2.23. The average molecular weight is 256 g/mol. The Labute approximate surface area is 109 Å². The molecule has 1 aromatic heterocycles. The third-order valence-electron chi connectivity index (χ3n) is 3.17. The Balaban J connectivity index is 2.05. The monoisotopic (exact) mass is 256 g/mol. The molecule has 3 N–H and O–H groups in total. The van der Waals surface area contributed by atoms with Gasteiger partial charge in [-0.15, -0.1) is 0 Å². The Morgan fingerprint density at radius 1 is 1.32 bits per heavy atom. The van der Waals surface area contributed by atoms with E-state index in [-0.39, 0.29) is 11.5 Å². The summed E-state index contributed by atoms with van der Waals surface area (Å²) in [5.41, 5.74) is 7.90. The number of pyridine rings is 1. The minimum atomic E-state index is -0.492. The van der Waals surface area contributed by atoms with Crippen LogP contribution in [0.25, 0.3) is 11.1 Å². The number of benzene rings is 1. The van der Waals surface area contributed by atoms with Crippen molar-refractivity contribution in [1.82, 2.24) is 10.3 Å². The quantitative estimate of drug-likeness (QED) is 0.495. The normalized spacial score (nSPS) is 17.2. The molecule has 1 unspecified atom stereocenters. The van der Waals surface area contributed by atoms with Crippen LogP contribution in [-0.2, 0) is 0 Å². The van der Waals surface area contributed by atoms with E-state index in [4.69, 9.17) is 5.73 Å². The molecule has 96 valence electrons. The molecule has 6 heteroatoms. The lowest BCUT2D eigenvalue weighted by Crippen LogP contribution is -2.00. The smallest absolute Gasteiger partial charge is 0.318 e.